The number of rotatable bonds is 19. The van der Waals surface area contributed by atoms with E-state index < -0.39 is 83.5 Å². The summed E-state index contributed by atoms with van der Waals surface area (Å²) in [6.07, 6.45) is 4.54. The fourth-order valence-electron chi connectivity index (χ4n) is 11.9. The first-order chi connectivity index (χ1) is 28.2. The van der Waals surface area contributed by atoms with Gasteiger partial charge in [-0.1, -0.05) is 64.3 Å². The summed E-state index contributed by atoms with van der Waals surface area (Å²) in [5.41, 5.74) is 0.286. The lowest BCUT2D eigenvalue weighted by Crippen LogP contribution is -2.54. The standard InChI is InChI=1S/C45H68O15/c1-26-12-14-32-42(3,24-46)16-10-18-44(32,5)30(26)22-59-37(41(54)57-9)29(21-35(49)50)39(52)60-25-43(4)17-11-19-45(6)31(27(2)13-15-33(43)45)23-58-36(40(53)56-8)28(20-34(47)48)38(51)55-7/h12,28-33,36-37,46H,2,10-11,13-25H2,1,3-9H3,(H,47,48)(H,49,50)/t28-,29-,30-,31-,32?,33?,36+,37+,42-,43-,44+,45+/m0/s1. The van der Waals surface area contributed by atoms with Crippen molar-refractivity contribution in [3.8, 4) is 0 Å². The summed E-state index contributed by atoms with van der Waals surface area (Å²) < 4.78 is 33.3. The van der Waals surface area contributed by atoms with Gasteiger partial charge in [-0.15, -0.1) is 0 Å². The molecule has 15 nitrogen and oxygen atoms in total. The molecule has 3 N–H and O–H groups in total. The first-order valence-corrected chi connectivity index (χ1v) is 21.2. The molecule has 0 aromatic carbocycles. The van der Waals surface area contributed by atoms with E-state index >= 15 is 0 Å². The van der Waals surface area contributed by atoms with Crippen LogP contribution in [-0.4, -0.2) is 111 Å². The Kier molecular flexibility index (Phi) is 16.2. The number of hydrogen-bond acceptors (Lipinski definition) is 13. The first-order valence-electron chi connectivity index (χ1n) is 21.2. The number of carboxylic acids is 2. The predicted molar refractivity (Wildman–Crippen MR) is 216 cm³/mol. The zero-order valence-electron chi connectivity index (χ0n) is 36.8. The molecule has 0 aromatic heterocycles. The molecule has 3 saturated carbocycles. The Hall–Kier alpha value is -3.82. The van der Waals surface area contributed by atoms with Crippen LogP contribution in [0.5, 0.6) is 0 Å². The highest BCUT2D eigenvalue weighted by molar-refractivity contribution is 5.87. The summed E-state index contributed by atoms with van der Waals surface area (Å²) in [6.45, 7) is 14.7. The Morgan fingerprint density at radius 2 is 1.20 bits per heavy atom. The van der Waals surface area contributed by atoms with E-state index in [9.17, 15) is 44.1 Å². The molecule has 4 rings (SSSR count). The third kappa shape index (κ3) is 10.1. The lowest BCUT2D eigenvalue weighted by molar-refractivity contribution is -0.181. The summed E-state index contributed by atoms with van der Waals surface area (Å²) in [7, 11) is 3.38. The molecule has 4 aliphatic rings. The molecule has 0 aromatic rings. The number of ether oxygens (including phenoxy) is 6. The molecular formula is C45H68O15. The van der Waals surface area contributed by atoms with Crippen molar-refractivity contribution in [1.82, 2.24) is 0 Å². The Labute approximate surface area is 353 Å². The van der Waals surface area contributed by atoms with Crippen molar-refractivity contribution >= 4 is 35.8 Å². The van der Waals surface area contributed by atoms with Crippen LogP contribution in [-0.2, 0) is 57.2 Å². The molecule has 0 bridgehead atoms. The minimum absolute atomic E-state index is 0.0407. The number of carbonyl (C=O) groups excluding carboxylic acids is 4. The largest absolute Gasteiger partial charge is 0.481 e. The molecule has 338 valence electrons. The van der Waals surface area contributed by atoms with Gasteiger partial charge in [0, 0.05) is 23.9 Å². The molecule has 0 heterocycles. The van der Waals surface area contributed by atoms with Gasteiger partial charge in [0.15, 0.2) is 12.2 Å². The first kappa shape index (κ1) is 48.8. The molecule has 12 atom stereocenters. The second-order valence-corrected chi connectivity index (χ2v) is 18.9. The normalized spacial score (nSPS) is 33.4. The van der Waals surface area contributed by atoms with Gasteiger partial charge in [0.1, 0.15) is 11.8 Å². The van der Waals surface area contributed by atoms with E-state index in [2.05, 4.69) is 33.4 Å². The number of aliphatic hydroxyl groups is 1. The number of aliphatic carboxylic acids is 2. The highest BCUT2D eigenvalue weighted by Gasteiger charge is 2.57. The molecule has 0 spiro atoms. The molecule has 0 radical (unpaired) electrons. The van der Waals surface area contributed by atoms with E-state index in [1.807, 2.05) is 13.8 Å². The smallest absolute Gasteiger partial charge is 0.335 e. The lowest BCUT2D eigenvalue weighted by atomic mass is 9.47. The van der Waals surface area contributed by atoms with Crippen LogP contribution in [0.2, 0.25) is 0 Å². The fraction of sp³-hybridized carbons (Fsp3) is 0.778. The van der Waals surface area contributed by atoms with Gasteiger partial charge >= 0.3 is 35.8 Å². The molecule has 2 unspecified atom stereocenters. The van der Waals surface area contributed by atoms with Crippen LogP contribution in [0.3, 0.4) is 0 Å². The summed E-state index contributed by atoms with van der Waals surface area (Å²) >= 11 is 0. The third-order valence-electron chi connectivity index (χ3n) is 15.2. The van der Waals surface area contributed by atoms with Gasteiger partial charge in [-0.2, -0.15) is 0 Å². The van der Waals surface area contributed by atoms with Crippen molar-refractivity contribution in [3.63, 3.8) is 0 Å². The average Bonchev–Trinajstić information content (AvgIpc) is 3.19. The van der Waals surface area contributed by atoms with Gasteiger partial charge in [-0.3, -0.25) is 19.2 Å². The average molecular weight is 849 g/mol. The Morgan fingerprint density at radius 3 is 1.70 bits per heavy atom. The maximum Gasteiger partial charge on any atom is 0.335 e. The molecule has 60 heavy (non-hydrogen) atoms. The van der Waals surface area contributed by atoms with E-state index in [-0.39, 0.29) is 60.9 Å². The van der Waals surface area contributed by atoms with Crippen LogP contribution in [0.25, 0.3) is 0 Å². The maximum absolute atomic E-state index is 14.1. The van der Waals surface area contributed by atoms with Gasteiger partial charge in [-0.25, -0.2) is 9.59 Å². The van der Waals surface area contributed by atoms with Gasteiger partial charge in [0.25, 0.3) is 0 Å². The number of allylic oxidation sites excluding steroid dienone is 1. The molecule has 0 aliphatic heterocycles. The van der Waals surface area contributed by atoms with Crippen molar-refractivity contribution < 1.29 is 72.5 Å². The van der Waals surface area contributed by atoms with E-state index in [0.29, 0.717) is 19.3 Å². The van der Waals surface area contributed by atoms with Crippen molar-refractivity contribution in [1.29, 1.82) is 0 Å². The summed E-state index contributed by atoms with van der Waals surface area (Å²) in [4.78, 5) is 77.0. The lowest BCUT2D eigenvalue weighted by Gasteiger charge is -2.58. The van der Waals surface area contributed by atoms with E-state index in [1.165, 1.54) is 0 Å². The number of esters is 4. The molecule has 4 aliphatic carbocycles. The SMILES string of the molecule is C=C1CCC2[C@](C)(COC(=O)[C@@H](CC(=O)O)[C@@H](OC[C@H]3C(C)=CCC4[C@](C)(CO)CCC[C@@]43C)C(=O)OC)CCC[C@]2(C)[C@H]1CO[C@@H](C(=O)OC)[C@H](CC(=O)O)C(=O)OC. The summed E-state index contributed by atoms with van der Waals surface area (Å²) in [6, 6.07) is 0. The summed E-state index contributed by atoms with van der Waals surface area (Å²) in [5, 5.41) is 29.9. The topological polar surface area (TPSA) is 218 Å². The molecule has 15 heteroatoms. The van der Waals surface area contributed by atoms with Crippen LogP contribution >= 0.6 is 0 Å². The van der Waals surface area contributed by atoms with Crippen LogP contribution in [0.1, 0.15) is 105 Å². The minimum Gasteiger partial charge on any atom is -0.481 e. The molecule has 3 fully saturated rings. The van der Waals surface area contributed by atoms with Crippen LogP contribution in [0.4, 0.5) is 0 Å². The molecule has 0 saturated heterocycles. The minimum atomic E-state index is -1.55. The van der Waals surface area contributed by atoms with Crippen molar-refractivity contribution in [2.24, 2.45) is 57.2 Å². The van der Waals surface area contributed by atoms with Gasteiger partial charge in [0.2, 0.25) is 0 Å². The summed E-state index contributed by atoms with van der Waals surface area (Å²) in [5.74, 6) is -9.60. The Bertz CT molecular complexity index is 1660. The van der Waals surface area contributed by atoms with Gasteiger partial charge in [0.05, 0.1) is 54.0 Å². The van der Waals surface area contributed by atoms with E-state index in [4.69, 9.17) is 28.4 Å². The second-order valence-electron chi connectivity index (χ2n) is 18.9. The second kappa shape index (κ2) is 19.9. The molecular weight excluding hydrogens is 780 g/mol. The van der Waals surface area contributed by atoms with Crippen LogP contribution in [0, 0.1) is 57.2 Å². The van der Waals surface area contributed by atoms with Crippen molar-refractivity contribution in [2.45, 2.75) is 117 Å². The van der Waals surface area contributed by atoms with E-state index in [0.717, 1.165) is 71.0 Å². The number of carbonyl (C=O) groups is 6. The third-order valence-corrected chi connectivity index (χ3v) is 15.2. The number of carboxylic acid groups (broad SMARTS) is 2. The van der Waals surface area contributed by atoms with Crippen LogP contribution in [0.15, 0.2) is 23.8 Å². The highest BCUT2D eigenvalue weighted by atomic mass is 16.6. The highest BCUT2D eigenvalue weighted by Crippen LogP contribution is 2.62. The number of methoxy groups -OCH3 is 3. The number of hydrogen-bond donors (Lipinski definition) is 3. The van der Waals surface area contributed by atoms with Crippen molar-refractivity contribution in [2.75, 3.05) is 47.8 Å². The fourth-order valence-corrected chi connectivity index (χ4v) is 11.9. The predicted octanol–water partition coefficient (Wildman–Crippen LogP) is 5.55. The zero-order valence-corrected chi connectivity index (χ0v) is 36.8. The monoisotopic (exact) mass is 848 g/mol. The zero-order chi connectivity index (χ0) is 44.8. The number of aliphatic hydroxyl groups excluding tert-OH is 1. The molecule has 0 amide bonds. The Balaban J connectivity index is 1.55. The van der Waals surface area contributed by atoms with E-state index in [1.54, 1.807) is 0 Å². The van der Waals surface area contributed by atoms with Gasteiger partial charge in [-0.05, 0) is 80.0 Å². The number of fused-ring (bicyclic) bond motifs is 2. The Morgan fingerprint density at radius 1 is 0.717 bits per heavy atom. The quantitative estimate of drug-likeness (QED) is 0.0825. The van der Waals surface area contributed by atoms with Gasteiger partial charge < -0.3 is 43.7 Å². The van der Waals surface area contributed by atoms with Crippen LogP contribution < -0.4 is 0 Å². The van der Waals surface area contributed by atoms with Crippen molar-refractivity contribution in [3.05, 3.63) is 23.8 Å². The maximum atomic E-state index is 14.1.